The van der Waals surface area contributed by atoms with Crippen molar-refractivity contribution in [2.75, 3.05) is 58.3 Å². The molecule has 0 bridgehead atoms. The molecule has 7 nitrogen and oxygen atoms in total. The molecule has 2 aromatic rings. The summed E-state index contributed by atoms with van der Waals surface area (Å²) in [6.45, 7) is 4.87. The number of rotatable bonds is 6. The van der Waals surface area contributed by atoms with Gasteiger partial charge in [-0.05, 0) is 36.4 Å². The SMILES string of the molecule is CN=C(NCCNC(=O)c1ccc(OC)cc1)N1CCN(c2ccccc2)CC1.I. The molecule has 162 valence electrons. The average molecular weight is 523 g/mol. The largest absolute Gasteiger partial charge is 0.497 e. The van der Waals surface area contributed by atoms with E-state index in [0.717, 1.165) is 37.9 Å². The third kappa shape index (κ3) is 6.51. The Labute approximate surface area is 195 Å². The molecule has 0 saturated carbocycles. The Kier molecular flexibility index (Phi) is 9.72. The molecule has 0 unspecified atom stereocenters. The molecule has 2 aromatic carbocycles. The molecule has 2 N–H and O–H groups in total. The summed E-state index contributed by atoms with van der Waals surface area (Å²) in [7, 11) is 3.40. The molecule has 0 aromatic heterocycles. The zero-order valence-electron chi connectivity index (χ0n) is 17.5. The van der Waals surface area contributed by atoms with Gasteiger partial charge in [0.05, 0.1) is 7.11 Å². The zero-order valence-corrected chi connectivity index (χ0v) is 19.8. The number of carbonyl (C=O) groups excluding carboxylic acids is 1. The Hall–Kier alpha value is -2.49. The molecule has 0 radical (unpaired) electrons. The molecular formula is C22H30IN5O2. The van der Waals surface area contributed by atoms with E-state index in [9.17, 15) is 4.79 Å². The van der Waals surface area contributed by atoms with Crippen molar-refractivity contribution in [1.29, 1.82) is 0 Å². The second kappa shape index (κ2) is 12.3. The summed E-state index contributed by atoms with van der Waals surface area (Å²) in [4.78, 5) is 21.2. The first-order valence-corrected chi connectivity index (χ1v) is 9.89. The predicted molar refractivity (Wildman–Crippen MR) is 132 cm³/mol. The number of methoxy groups -OCH3 is 1. The highest BCUT2D eigenvalue weighted by Crippen LogP contribution is 2.15. The lowest BCUT2D eigenvalue weighted by atomic mass is 10.2. The van der Waals surface area contributed by atoms with Crippen molar-refractivity contribution in [3.8, 4) is 5.75 Å². The van der Waals surface area contributed by atoms with Crippen LogP contribution >= 0.6 is 24.0 Å². The van der Waals surface area contributed by atoms with Crippen LogP contribution in [0.5, 0.6) is 5.75 Å². The van der Waals surface area contributed by atoms with Crippen molar-refractivity contribution in [3.63, 3.8) is 0 Å². The molecule has 1 saturated heterocycles. The lowest BCUT2D eigenvalue weighted by Gasteiger charge is -2.37. The minimum absolute atomic E-state index is 0. The monoisotopic (exact) mass is 523 g/mol. The maximum atomic E-state index is 12.2. The minimum atomic E-state index is -0.0964. The molecule has 1 heterocycles. The Morgan fingerprint density at radius 2 is 1.60 bits per heavy atom. The van der Waals surface area contributed by atoms with E-state index in [1.165, 1.54) is 5.69 Å². The number of guanidine groups is 1. The van der Waals surface area contributed by atoms with E-state index in [0.29, 0.717) is 18.7 Å². The highest BCUT2D eigenvalue weighted by molar-refractivity contribution is 14.0. The number of amides is 1. The summed E-state index contributed by atoms with van der Waals surface area (Å²) in [5.41, 5.74) is 1.88. The van der Waals surface area contributed by atoms with Crippen molar-refractivity contribution in [1.82, 2.24) is 15.5 Å². The highest BCUT2D eigenvalue weighted by atomic mass is 127. The summed E-state index contributed by atoms with van der Waals surface area (Å²) >= 11 is 0. The van der Waals surface area contributed by atoms with Gasteiger partial charge in [0, 0.05) is 57.6 Å². The normalized spacial score (nSPS) is 14.0. The molecule has 30 heavy (non-hydrogen) atoms. The molecule has 0 spiro atoms. The number of carbonyl (C=O) groups is 1. The molecule has 1 fully saturated rings. The van der Waals surface area contributed by atoms with E-state index < -0.39 is 0 Å². The zero-order chi connectivity index (χ0) is 20.5. The fourth-order valence-corrected chi connectivity index (χ4v) is 3.34. The van der Waals surface area contributed by atoms with E-state index in [1.807, 2.05) is 6.07 Å². The van der Waals surface area contributed by atoms with Crippen LogP contribution in [0.3, 0.4) is 0 Å². The van der Waals surface area contributed by atoms with Gasteiger partial charge in [-0.15, -0.1) is 24.0 Å². The summed E-state index contributed by atoms with van der Waals surface area (Å²) in [6.07, 6.45) is 0. The topological polar surface area (TPSA) is 69.2 Å². The lowest BCUT2D eigenvalue weighted by molar-refractivity contribution is 0.0954. The number of ether oxygens (including phenoxy) is 1. The van der Waals surface area contributed by atoms with E-state index >= 15 is 0 Å². The number of halogens is 1. The van der Waals surface area contributed by atoms with Crippen LogP contribution in [0.25, 0.3) is 0 Å². The van der Waals surface area contributed by atoms with Gasteiger partial charge >= 0.3 is 0 Å². The quantitative estimate of drug-likeness (QED) is 0.264. The number of piperazine rings is 1. The number of nitrogens with one attached hydrogen (secondary N) is 2. The maximum Gasteiger partial charge on any atom is 0.251 e. The van der Waals surface area contributed by atoms with Crippen molar-refractivity contribution < 1.29 is 9.53 Å². The molecule has 1 aliphatic rings. The van der Waals surface area contributed by atoms with Gasteiger partial charge in [-0.3, -0.25) is 9.79 Å². The van der Waals surface area contributed by atoms with Gasteiger partial charge in [-0.2, -0.15) is 0 Å². The fraction of sp³-hybridized carbons (Fsp3) is 0.364. The number of anilines is 1. The number of para-hydroxylation sites is 1. The van der Waals surface area contributed by atoms with Gasteiger partial charge < -0.3 is 25.2 Å². The van der Waals surface area contributed by atoms with Crippen LogP contribution in [-0.2, 0) is 0 Å². The Bertz CT molecular complexity index is 806. The molecule has 0 atom stereocenters. The van der Waals surface area contributed by atoms with E-state index in [2.05, 4.69) is 49.7 Å². The summed E-state index contributed by atoms with van der Waals surface area (Å²) in [5.74, 6) is 1.51. The number of aliphatic imine (C=N–C) groups is 1. The second-order valence-corrected chi connectivity index (χ2v) is 6.77. The van der Waals surface area contributed by atoms with Crippen LogP contribution in [0.15, 0.2) is 59.6 Å². The highest BCUT2D eigenvalue weighted by Gasteiger charge is 2.19. The molecular weight excluding hydrogens is 493 g/mol. The van der Waals surface area contributed by atoms with Crippen LogP contribution in [0, 0.1) is 0 Å². The predicted octanol–water partition coefficient (Wildman–Crippen LogP) is 2.44. The third-order valence-corrected chi connectivity index (χ3v) is 4.96. The minimum Gasteiger partial charge on any atom is -0.497 e. The molecule has 3 rings (SSSR count). The summed E-state index contributed by atoms with van der Waals surface area (Å²) < 4.78 is 5.11. The second-order valence-electron chi connectivity index (χ2n) is 6.77. The first kappa shape index (κ1) is 23.8. The van der Waals surface area contributed by atoms with Crippen molar-refractivity contribution in [2.24, 2.45) is 4.99 Å². The van der Waals surface area contributed by atoms with E-state index in [4.69, 9.17) is 4.74 Å². The van der Waals surface area contributed by atoms with Crippen LogP contribution in [0.1, 0.15) is 10.4 Å². The molecule has 1 aliphatic heterocycles. The third-order valence-electron chi connectivity index (χ3n) is 4.96. The first-order valence-electron chi connectivity index (χ1n) is 9.89. The lowest BCUT2D eigenvalue weighted by Crippen LogP contribution is -2.53. The number of benzene rings is 2. The Morgan fingerprint density at radius 1 is 0.967 bits per heavy atom. The fourth-order valence-electron chi connectivity index (χ4n) is 3.34. The Morgan fingerprint density at radius 3 is 2.20 bits per heavy atom. The summed E-state index contributed by atoms with van der Waals surface area (Å²) in [6, 6.07) is 17.6. The standard InChI is InChI=1S/C22H29N5O2.HI/c1-23-22(27-16-14-26(15-17-27)19-6-4-3-5-7-19)25-13-12-24-21(28)18-8-10-20(29-2)11-9-18;/h3-11H,12-17H2,1-2H3,(H,23,25)(H,24,28);1H. The van der Waals surface area contributed by atoms with Gasteiger partial charge in [-0.25, -0.2) is 0 Å². The number of nitrogens with zero attached hydrogens (tertiary/aromatic N) is 3. The van der Waals surface area contributed by atoms with Gasteiger partial charge in [0.25, 0.3) is 5.91 Å². The van der Waals surface area contributed by atoms with Crippen molar-refractivity contribution in [2.45, 2.75) is 0 Å². The van der Waals surface area contributed by atoms with Crippen molar-refractivity contribution >= 4 is 41.5 Å². The average Bonchev–Trinajstić information content (AvgIpc) is 2.80. The van der Waals surface area contributed by atoms with Crippen LogP contribution in [-0.4, -0.2) is 70.2 Å². The molecule has 1 amide bonds. The smallest absolute Gasteiger partial charge is 0.251 e. The summed E-state index contributed by atoms with van der Waals surface area (Å²) in [5, 5.41) is 6.26. The van der Waals surface area contributed by atoms with Gasteiger partial charge in [0.15, 0.2) is 5.96 Å². The van der Waals surface area contributed by atoms with Gasteiger partial charge in [0.2, 0.25) is 0 Å². The van der Waals surface area contributed by atoms with E-state index in [1.54, 1.807) is 38.4 Å². The molecule has 8 heteroatoms. The molecule has 0 aliphatic carbocycles. The van der Waals surface area contributed by atoms with Gasteiger partial charge in [0.1, 0.15) is 5.75 Å². The Balaban J connectivity index is 0.00000320. The number of hydrogen-bond acceptors (Lipinski definition) is 4. The van der Waals surface area contributed by atoms with Crippen LogP contribution in [0.4, 0.5) is 5.69 Å². The van der Waals surface area contributed by atoms with Crippen LogP contribution in [0.2, 0.25) is 0 Å². The van der Waals surface area contributed by atoms with Crippen molar-refractivity contribution in [3.05, 3.63) is 60.2 Å². The van der Waals surface area contributed by atoms with E-state index in [-0.39, 0.29) is 29.9 Å². The first-order chi connectivity index (χ1) is 14.2. The van der Waals surface area contributed by atoms with Crippen LogP contribution < -0.4 is 20.3 Å². The number of hydrogen-bond donors (Lipinski definition) is 2. The maximum absolute atomic E-state index is 12.2. The van der Waals surface area contributed by atoms with Gasteiger partial charge in [-0.1, -0.05) is 18.2 Å².